The minimum atomic E-state index is -1.56. The number of aliphatic hydroxyl groups is 5. The quantitative estimate of drug-likeness (QED) is 0.0261. The van der Waals surface area contributed by atoms with E-state index in [-0.39, 0.29) is 12.5 Å². The Hall–Kier alpha value is -1.59. The first-order valence-electron chi connectivity index (χ1n) is 34.7. The van der Waals surface area contributed by atoms with Gasteiger partial charge in [0.1, 0.15) is 24.4 Å². The number of hydrogen-bond acceptors (Lipinski definition) is 8. The van der Waals surface area contributed by atoms with Gasteiger partial charge in [0.15, 0.2) is 6.29 Å². The van der Waals surface area contributed by atoms with Gasteiger partial charge in [0.05, 0.1) is 25.4 Å². The van der Waals surface area contributed by atoms with Crippen molar-refractivity contribution in [3.8, 4) is 0 Å². The van der Waals surface area contributed by atoms with Gasteiger partial charge in [-0.25, -0.2) is 0 Å². The van der Waals surface area contributed by atoms with Gasteiger partial charge in [-0.2, -0.15) is 0 Å². The zero-order chi connectivity index (χ0) is 57.2. The van der Waals surface area contributed by atoms with Crippen LogP contribution in [0.2, 0.25) is 0 Å². The number of allylic oxidation sites excluding steroid dienone is 5. The first-order chi connectivity index (χ1) is 38.8. The molecule has 1 heterocycles. The van der Waals surface area contributed by atoms with E-state index < -0.39 is 49.5 Å². The van der Waals surface area contributed by atoms with Crippen LogP contribution >= 0.6 is 0 Å². The molecule has 0 bridgehead atoms. The van der Waals surface area contributed by atoms with E-state index in [1.165, 1.54) is 283 Å². The second-order valence-corrected chi connectivity index (χ2v) is 24.3. The number of carbonyl (C=O) groups is 1. The summed E-state index contributed by atoms with van der Waals surface area (Å²) < 4.78 is 11.3. The van der Waals surface area contributed by atoms with Gasteiger partial charge in [0.2, 0.25) is 5.91 Å². The zero-order valence-electron chi connectivity index (χ0n) is 52.2. The summed E-state index contributed by atoms with van der Waals surface area (Å²) in [6.07, 6.45) is 72.7. The molecule has 1 saturated heterocycles. The summed E-state index contributed by atoms with van der Waals surface area (Å²) in [6, 6.07) is -0.802. The summed E-state index contributed by atoms with van der Waals surface area (Å²) in [5, 5.41) is 54.6. The number of hydrogen-bond donors (Lipinski definition) is 6. The molecule has 0 saturated carbocycles. The predicted octanol–water partition coefficient (Wildman–Crippen LogP) is 18.6. The summed E-state index contributed by atoms with van der Waals surface area (Å²) in [5.74, 6) is -0.170. The molecule has 1 rings (SSSR count). The molecule has 79 heavy (non-hydrogen) atoms. The molecule has 9 heteroatoms. The van der Waals surface area contributed by atoms with Crippen molar-refractivity contribution < 1.29 is 39.8 Å². The average Bonchev–Trinajstić information content (AvgIpc) is 3.46. The molecule has 6 N–H and O–H groups in total. The topological polar surface area (TPSA) is 149 Å². The molecule has 9 nitrogen and oxygen atoms in total. The smallest absolute Gasteiger partial charge is 0.220 e. The molecule has 1 amide bonds. The summed E-state index contributed by atoms with van der Waals surface area (Å²) in [4.78, 5) is 13.1. The van der Waals surface area contributed by atoms with Crippen LogP contribution in [0.4, 0.5) is 0 Å². The number of rotatable bonds is 61. The molecular formula is C70H133NO8. The summed E-state index contributed by atoms with van der Waals surface area (Å²) in [6.45, 7) is 3.80. The van der Waals surface area contributed by atoms with Crippen LogP contribution in [0.1, 0.15) is 348 Å². The van der Waals surface area contributed by atoms with E-state index in [0.29, 0.717) is 6.42 Å². The number of amides is 1. The molecule has 7 unspecified atom stereocenters. The van der Waals surface area contributed by atoms with Crippen LogP contribution in [0.25, 0.3) is 0 Å². The highest BCUT2D eigenvalue weighted by molar-refractivity contribution is 5.76. The van der Waals surface area contributed by atoms with Gasteiger partial charge >= 0.3 is 0 Å². The van der Waals surface area contributed by atoms with Crippen LogP contribution in [0.5, 0.6) is 0 Å². The molecule has 1 aliphatic rings. The van der Waals surface area contributed by atoms with Gasteiger partial charge in [-0.05, 0) is 51.4 Å². The maximum atomic E-state index is 13.1. The van der Waals surface area contributed by atoms with Crippen LogP contribution in [0.15, 0.2) is 36.5 Å². The Kier molecular flexibility index (Phi) is 56.9. The van der Waals surface area contributed by atoms with Crippen LogP contribution in [0.3, 0.4) is 0 Å². The normalized spacial score (nSPS) is 18.7. The lowest BCUT2D eigenvalue weighted by Crippen LogP contribution is -2.60. The van der Waals surface area contributed by atoms with E-state index in [2.05, 4.69) is 43.5 Å². The summed E-state index contributed by atoms with van der Waals surface area (Å²) >= 11 is 0. The SMILES string of the molecule is CCCCCCC/C=C\C/C=C\CCCCCCCCCCCCCCCCCCCCCCCCCCCCCCCC(=O)NC(COC1OC(CO)C(O)C(O)C1O)C(O)/C=C/CCCCCCCCCCCCCCC. The first-order valence-corrected chi connectivity index (χ1v) is 34.7. The van der Waals surface area contributed by atoms with Crippen molar-refractivity contribution in [2.24, 2.45) is 0 Å². The van der Waals surface area contributed by atoms with Gasteiger partial charge in [-0.3, -0.25) is 4.79 Å². The van der Waals surface area contributed by atoms with Crippen molar-refractivity contribution >= 4 is 5.91 Å². The van der Waals surface area contributed by atoms with E-state index in [4.69, 9.17) is 9.47 Å². The van der Waals surface area contributed by atoms with Gasteiger partial charge < -0.3 is 40.3 Å². The van der Waals surface area contributed by atoms with Crippen molar-refractivity contribution in [1.29, 1.82) is 0 Å². The van der Waals surface area contributed by atoms with Crippen molar-refractivity contribution in [1.82, 2.24) is 5.32 Å². The number of nitrogens with one attached hydrogen (secondary N) is 1. The minimum Gasteiger partial charge on any atom is -0.394 e. The van der Waals surface area contributed by atoms with Crippen molar-refractivity contribution in [3.05, 3.63) is 36.5 Å². The summed E-state index contributed by atoms with van der Waals surface area (Å²) in [7, 11) is 0. The Bertz CT molecular complexity index is 1340. The highest BCUT2D eigenvalue weighted by Crippen LogP contribution is 2.23. The summed E-state index contributed by atoms with van der Waals surface area (Å²) in [5.41, 5.74) is 0. The molecule has 1 fully saturated rings. The van der Waals surface area contributed by atoms with Crippen LogP contribution < -0.4 is 5.32 Å². The van der Waals surface area contributed by atoms with Gasteiger partial charge in [-0.1, -0.05) is 326 Å². The molecular weight excluding hydrogens is 983 g/mol. The standard InChI is InChI=1S/C70H133NO8/c1-3-5-7-9-11-13-15-17-19-20-21-22-23-24-25-26-27-28-29-30-31-32-33-34-35-36-37-38-39-40-41-42-43-44-46-48-50-52-54-56-58-60-66(74)71-63(62-78-70-69(77)68(76)67(75)65(61-72)79-70)64(73)59-57-55-53-51-49-47-45-18-16-14-12-10-8-6-4-2/h15,17,20-21,57,59,63-65,67-70,72-73,75-77H,3-14,16,18-19,22-56,58,60-62H2,1-2H3,(H,71,74)/b17-15-,21-20-,59-57+. The zero-order valence-corrected chi connectivity index (χ0v) is 52.2. The maximum absolute atomic E-state index is 13.1. The Labute approximate surface area is 489 Å². The van der Waals surface area contributed by atoms with Crippen LogP contribution in [-0.2, 0) is 14.3 Å². The molecule has 0 aromatic carbocycles. The largest absolute Gasteiger partial charge is 0.394 e. The minimum absolute atomic E-state index is 0.170. The lowest BCUT2D eigenvalue weighted by atomic mass is 9.99. The third kappa shape index (κ3) is 48.5. The lowest BCUT2D eigenvalue weighted by Gasteiger charge is -2.40. The van der Waals surface area contributed by atoms with Crippen molar-refractivity contribution in [2.45, 2.75) is 391 Å². The molecule has 0 aliphatic carbocycles. The van der Waals surface area contributed by atoms with Crippen molar-refractivity contribution in [2.75, 3.05) is 13.2 Å². The highest BCUT2D eigenvalue weighted by atomic mass is 16.7. The molecule has 0 aromatic rings. The Morgan fingerprint density at radius 1 is 0.430 bits per heavy atom. The highest BCUT2D eigenvalue weighted by Gasteiger charge is 2.44. The van der Waals surface area contributed by atoms with Crippen LogP contribution in [-0.4, -0.2) is 87.5 Å². The first kappa shape index (κ1) is 75.4. The van der Waals surface area contributed by atoms with Crippen molar-refractivity contribution in [3.63, 3.8) is 0 Å². The van der Waals surface area contributed by atoms with Gasteiger partial charge in [-0.15, -0.1) is 0 Å². The number of unbranched alkanes of at least 4 members (excludes halogenated alkanes) is 47. The Morgan fingerprint density at radius 2 is 0.747 bits per heavy atom. The van der Waals surface area contributed by atoms with Gasteiger partial charge in [0, 0.05) is 6.42 Å². The second-order valence-electron chi connectivity index (χ2n) is 24.3. The fraction of sp³-hybridized carbons (Fsp3) is 0.900. The second kappa shape index (κ2) is 59.6. The Morgan fingerprint density at radius 3 is 1.09 bits per heavy atom. The predicted molar refractivity (Wildman–Crippen MR) is 337 cm³/mol. The third-order valence-corrected chi connectivity index (χ3v) is 16.7. The van der Waals surface area contributed by atoms with E-state index in [9.17, 15) is 30.3 Å². The molecule has 7 atom stereocenters. The third-order valence-electron chi connectivity index (χ3n) is 16.7. The van der Waals surface area contributed by atoms with Crippen LogP contribution in [0, 0.1) is 0 Å². The van der Waals surface area contributed by atoms with E-state index in [1.807, 2.05) is 6.08 Å². The number of carbonyl (C=O) groups excluding carboxylic acids is 1. The van der Waals surface area contributed by atoms with Gasteiger partial charge in [0.25, 0.3) is 0 Å². The molecule has 466 valence electrons. The Balaban J connectivity index is 2.01. The number of aliphatic hydroxyl groups excluding tert-OH is 5. The average molecular weight is 1120 g/mol. The van der Waals surface area contributed by atoms with E-state index in [0.717, 1.165) is 44.9 Å². The monoisotopic (exact) mass is 1120 g/mol. The number of ether oxygens (including phenoxy) is 2. The fourth-order valence-electron chi connectivity index (χ4n) is 11.3. The molecule has 0 spiro atoms. The molecule has 0 aromatic heterocycles. The molecule has 0 radical (unpaired) electrons. The maximum Gasteiger partial charge on any atom is 0.220 e. The fourth-order valence-corrected chi connectivity index (χ4v) is 11.3. The van der Waals surface area contributed by atoms with E-state index in [1.54, 1.807) is 6.08 Å². The lowest BCUT2D eigenvalue weighted by molar-refractivity contribution is -0.302. The molecule has 1 aliphatic heterocycles. The van der Waals surface area contributed by atoms with E-state index >= 15 is 0 Å².